The molecule has 3 nitrogen and oxygen atoms in total. The Hall–Kier alpha value is -1.06. The van der Waals surface area contributed by atoms with Crippen molar-refractivity contribution in [1.29, 1.82) is 0 Å². The number of rotatable bonds is 2. The summed E-state index contributed by atoms with van der Waals surface area (Å²) >= 11 is 0. The van der Waals surface area contributed by atoms with Crippen LogP contribution in [0, 0.1) is 13.8 Å². The van der Waals surface area contributed by atoms with E-state index in [1.165, 1.54) is 5.56 Å². The van der Waals surface area contributed by atoms with Crippen LogP contribution < -0.4 is 10.6 Å². The molecule has 0 saturated carbocycles. The molecule has 1 amide bonds. The summed E-state index contributed by atoms with van der Waals surface area (Å²) in [5.41, 5.74) is 3.06. The van der Waals surface area contributed by atoms with Gasteiger partial charge < -0.3 is 10.6 Å². The zero-order valence-electron chi connectivity index (χ0n) is 11.0. The fourth-order valence-electron chi connectivity index (χ4n) is 2.23. The average Bonchev–Trinajstić information content (AvgIpc) is 2.34. The van der Waals surface area contributed by atoms with Crippen LogP contribution >= 0.6 is 12.4 Å². The zero-order valence-corrected chi connectivity index (χ0v) is 11.8. The fraction of sp³-hybridized carbons (Fsp3) is 0.500. The summed E-state index contributed by atoms with van der Waals surface area (Å²) < 4.78 is 0. The van der Waals surface area contributed by atoms with E-state index in [-0.39, 0.29) is 18.3 Å². The van der Waals surface area contributed by atoms with Gasteiger partial charge in [-0.05, 0) is 57.0 Å². The van der Waals surface area contributed by atoms with Gasteiger partial charge in [0.25, 0.3) is 5.91 Å². The standard InChI is InChI=1S/C14H20N2O.ClH/c1-10-4-3-5-13(11(10)2)14(17)16-12-6-8-15-9-7-12;/h3-5,12,15H,6-9H2,1-2H3,(H,16,17);1H. The van der Waals surface area contributed by atoms with Crippen LogP contribution in [0.2, 0.25) is 0 Å². The molecule has 0 aliphatic carbocycles. The first kappa shape index (κ1) is 15.0. The lowest BCUT2D eigenvalue weighted by Crippen LogP contribution is -2.42. The second-order valence-electron chi connectivity index (χ2n) is 4.75. The predicted molar refractivity (Wildman–Crippen MR) is 76.5 cm³/mol. The molecule has 1 aliphatic rings. The Morgan fingerprint density at radius 2 is 1.94 bits per heavy atom. The second-order valence-corrected chi connectivity index (χ2v) is 4.75. The summed E-state index contributed by atoms with van der Waals surface area (Å²) in [5.74, 6) is 0.0677. The Kier molecular flexibility index (Phi) is 5.63. The molecule has 2 N–H and O–H groups in total. The molecule has 1 heterocycles. The third-order valence-corrected chi connectivity index (χ3v) is 3.52. The Labute approximate surface area is 115 Å². The maximum absolute atomic E-state index is 12.2. The van der Waals surface area contributed by atoms with Crippen LogP contribution in [0.5, 0.6) is 0 Å². The molecular weight excluding hydrogens is 248 g/mol. The lowest BCUT2D eigenvalue weighted by molar-refractivity contribution is 0.0929. The molecule has 1 aromatic carbocycles. The number of nitrogens with one attached hydrogen (secondary N) is 2. The Morgan fingerprint density at radius 1 is 1.28 bits per heavy atom. The zero-order chi connectivity index (χ0) is 12.3. The summed E-state index contributed by atoms with van der Waals surface area (Å²) in [4.78, 5) is 12.2. The van der Waals surface area contributed by atoms with Crippen molar-refractivity contribution >= 4 is 18.3 Å². The molecule has 0 spiro atoms. The minimum atomic E-state index is 0. The van der Waals surface area contributed by atoms with Crippen molar-refractivity contribution in [2.45, 2.75) is 32.7 Å². The summed E-state index contributed by atoms with van der Waals surface area (Å²) in [5, 5.41) is 6.42. The van der Waals surface area contributed by atoms with Gasteiger partial charge >= 0.3 is 0 Å². The maximum atomic E-state index is 12.2. The quantitative estimate of drug-likeness (QED) is 0.864. The monoisotopic (exact) mass is 268 g/mol. The number of hydrogen-bond donors (Lipinski definition) is 2. The number of carbonyl (C=O) groups is 1. The minimum absolute atomic E-state index is 0. The Balaban J connectivity index is 0.00000162. The number of halogens is 1. The fourth-order valence-corrected chi connectivity index (χ4v) is 2.23. The van der Waals surface area contributed by atoms with Crippen LogP contribution in [-0.4, -0.2) is 25.0 Å². The first-order valence-electron chi connectivity index (χ1n) is 6.26. The molecule has 0 unspecified atom stereocenters. The normalized spacial score (nSPS) is 15.9. The van der Waals surface area contributed by atoms with Gasteiger partial charge in [0.05, 0.1) is 0 Å². The smallest absolute Gasteiger partial charge is 0.251 e. The van der Waals surface area contributed by atoms with Gasteiger partial charge in [0.2, 0.25) is 0 Å². The van der Waals surface area contributed by atoms with Crippen molar-refractivity contribution in [1.82, 2.24) is 10.6 Å². The van der Waals surface area contributed by atoms with E-state index in [0.717, 1.165) is 37.1 Å². The van der Waals surface area contributed by atoms with Gasteiger partial charge in [-0.3, -0.25) is 4.79 Å². The highest BCUT2D eigenvalue weighted by Crippen LogP contribution is 2.13. The number of hydrogen-bond acceptors (Lipinski definition) is 2. The van der Waals surface area contributed by atoms with Crippen molar-refractivity contribution in [2.24, 2.45) is 0 Å². The molecule has 0 atom stereocenters. The van der Waals surface area contributed by atoms with Gasteiger partial charge in [-0.1, -0.05) is 12.1 Å². The first-order valence-corrected chi connectivity index (χ1v) is 6.26. The van der Waals surface area contributed by atoms with Crippen molar-refractivity contribution < 1.29 is 4.79 Å². The highest BCUT2D eigenvalue weighted by molar-refractivity contribution is 5.96. The molecule has 2 rings (SSSR count). The molecule has 0 radical (unpaired) electrons. The summed E-state index contributed by atoms with van der Waals surface area (Å²) in [6.45, 7) is 6.04. The van der Waals surface area contributed by atoms with Crippen LogP contribution in [0.15, 0.2) is 18.2 Å². The van der Waals surface area contributed by atoms with E-state index in [1.54, 1.807) is 0 Å². The highest BCUT2D eigenvalue weighted by Gasteiger charge is 2.17. The number of aryl methyl sites for hydroxylation is 1. The van der Waals surface area contributed by atoms with Crippen LogP contribution in [-0.2, 0) is 0 Å². The van der Waals surface area contributed by atoms with Crippen LogP contribution in [0.4, 0.5) is 0 Å². The Morgan fingerprint density at radius 3 is 2.61 bits per heavy atom. The van der Waals surface area contributed by atoms with Gasteiger partial charge in [0.1, 0.15) is 0 Å². The average molecular weight is 269 g/mol. The number of piperidine rings is 1. The number of carbonyl (C=O) groups excluding carboxylic acids is 1. The molecule has 0 bridgehead atoms. The molecule has 1 aliphatic heterocycles. The van der Waals surface area contributed by atoms with Gasteiger partial charge in [0, 0.05) is 11.6 Å². The third kappa shape index (κ3) is 3.47. The van der Waals surface area contributed by atoms with Gasteiger partial charge in [-0.2, -0.15) is 0 Å². The van der Waals surface area contributed by atoms with Crippen molar-refractivity contribution in [3.05, 3.63) is 34.9 Å². The molecule has 1 aromatic rings. The van der Waals surface area contributed by atoms with E-state index < -0.39 is 0 Å². The van der Waals surface area contributed by atoms with E-state index >= 15 is 0 Å². The molecule has 1 saturated heterocycles. The topological polar surface area (TPSA) is 41.1 Å². The van der Waals surface area contributed by atoms with Gasteiger partial charge in [-0.15, -0.1) is 12.4 Å². The first-order chi connectivity index (χ1) is 8.18. The molecule has 1 fully saturated rings. The van der Waals surface area contributed by atoms with Crippen molar-refractivity contribution in [3.63, 3.8) is 0 Å². The van der Waals surface area contributed by atoms with E-state index in [2.05, 4.69) is 10.6 Å². The van der Waals surface area contributed by atoms with Gasteiger partial charge in [-0.25, -0.2) is 0 Å². The van der Waals surface area contributed by atoms with Gasteiger partial charge in [0.15, 0.2) is 0 Å². The Bertz CT molecular complexity index is 414. The lowest BCUT2D eigenvalue weighted by atomic mass is 10.0. The SMILES string of the molecule is Cc1cccc(C(=O)NC2CCNCC2)c1C.Cl. The summed E-state index contributed by atoms with van der Waals surface area (Å²) in [6.07, 6.45) is 2.05. The van der Waals surface area contributed by atoms with E-state index in [9.17, 15) is 4.79 Å². The van der Waals surface area contributed by atoms with Crippen molar-refractivity contribution in [2.75, 3.05) is 13.1 Å². The number of benzene rings is 1. The largest absolute Gasteiger partial charge is 0.349 e. The van der Waals surface area contributed by atoms with Crippen LogP contribution in [0.25, 0.3) is 0 Å². The highest BCUT2D eigenvalue weighted by atomic mass is 35.5. The minimum Gasteiger partial charge on any atom is -0.349 e. The molecular formula is C14H21ClN2O. The van der Waals surface area contributed by atoms with Crippen LogP contribution in [0.3, 0.4) is 0 Å². The molecule has 18 heavy (non-hydrogen) atoms. The second kappa shape index (κ2) is 6.76. The molecule has 0 aromatic heterocycles. The lowest BCUT2D eigenvalue weighted by Gasteiger charge is -2.24. The van der Waals surface area contributed by atoms with E-state index in [4.69, 9.17) is 0 Å². The van der Waals surface area contributed by atoms with E-state index in [1.807, 2.05) is 32.0 Å². The molecule has 4 heteroatoms. The predicted octanol–water partition coefficient (Wildman–Crippen LogP) is 2.21. The summed E-state index contributed by atoms with van der Waals surface area (Å²) in [6, 6.07) is 6.21. The van der Waals surface area contributed by atoms with Crippen molar-refractivity contribution in [3.8, 4) is 0 Å². The molecule has 100 valence electrons. The van der Waals surface area contributed by atoms with Crippen LogP contribution in [0.1, 0.15) is 34.3 Å². The summed E-state index contributed by atoms with van der Waals surface area (Å²) in [7, 11) is 0. The third-order valence-electron chi connectivity index (χ3n) is 3.52. The maximum Gasteiger partial charge on any atom is 0.251 e. The van der Waals surface area contributed by atoms with E-state index in [0.29, 0.717) is 6.04 Å². The number of amides is 1.